The number of nitrogens with one attached hydrogen (secondary N) is 2. The fourth-order valence-electron chi connectivity index (χ4n) is 1.08. The summed E-state index contributed by atoms with van der Waals surface area (Å²) in [4.78, 5) is 0. The Morgan fingerprint density at radius 3 is 2.67 bits per heavy atom. The van der Waals surface area contributed by atoms with Gasteiger partial charge in [0.05, 0.1) is 11.9 Å². The van der Waals surface area contributed by atoms with Gasteiger partial charge in [0.2, 0.25) is 0 Å². The zero-order valence-corrected chi connectivity index (χ0v) is 7.06. The number of hydrogen-bond acceptors (Lipinski definition) is 3. The monoisotopic (exact) mass is 184 g/mol. The molecule has 1 aliphatic heterocycles. The fourth-order valence-corrected chi connectivity index (χ4v) is 1.08. The van der Waals surface area contributed by atoms with E-state index in [2.05, 4.69) is 10.9 Å². The van der Waals surface area contributed by atoms with Crippen LogP contribution in [0.25, 0.3) is 5.76 Å². The Morgan fingerprint density at radius 1 is 1.17 bits per heavy atom. The molecule has 2 rings (SSSR count). The Morgan fingerprint density at radius 2 is 1.92 bits per heavy atom. The fraction of sp³-hybridized carbons (Fsp3) is 0. The maximum Gasteiger partial charge on any atom is 0.142 e. The molecule has 64 valence electrons. The molecule has 0 amide bonds. The zero-order chi connectivity index (χ0) is 7.68. The van der Waals surface area contributed by atoms with Crippen molar-refractivity contribution in [1.82, 2.24) is 5.43 Å². The quantitative estimate of drug-likeness (QED) is 0.577. The van der Waals surface area contributed by atoms with Gasteiger partial charge in [-0.15, -0.1) is 12.4 Å². The van der Waals surface area contributed by atoms with E-state index in [9.17, 15) is 5.11 Å². The van der Waals surface area contributed by atoms with Crippen LogP contribution in [-0.2, 0) is 0 Å². The summed E-state index contributed by atoms with van der Waals surface area (Å²) in [6.07, 6.45) is 1.52. The molecule has 3 nitrogen and oxygen atoms in total. The number of rotatable bonds is 0. The topological polar surface area (TPSA) is 44.3 Å². The molecule has 0 spiro atoms. The van der Waals surface area contributed by atoms with E-state index in [-0.39, 0.29) is 18.2 Å². The van der Waals surface area contributed by atoms with Crippen molar-refractivity contribution in [3.63, 3.8) is 0 Å². The molecular weight excluding hydrogens is 176 g/mol. The van der Waals surface area contributed by atoms with E-state index in [1.807, 2.05) is 24.3 Å². The van der Waals surface area contributed by atoms with Crippen LogP contribution in [-0.4, -0.2) is 5.11 Å². The third-order valence-electron chi connectivity index (χ3n) is 1.62. The largest absolute Gasteiger partial charge is 0.506 e. The highest BCUT2D eigenvalue weighted by Crippen LogP contribution is 2.22. The second kappa shape index (κ2) is 3.36. The summed E-state index contributed by atoms with van der Waals surface area (Å²) < 4.78 is 0. The van der Waals surface area contributed by atoms with Gasteiger partial charge in [0.25, 0.3) is 0 Å². The smallest absolute Gasteiger partial charge is 0.142 e. The number of anilines is 1. The van der Waals surface area contributed by atoms with Gasteiger partial charge >= 0.3 is 0 Å². The van der Waals surface area contributed by atoms with Crippen molar-refractivity contribution < 1.29 is 5.11 Å². The minimum absolute atomic E-state index is 0. The van der Waals surface area contributed by atoms with E-state index in [4.69, 9.17) is 0 Å². The first-order valence-electron chi connectivity index (χ1n) is 3.38. The van der Waals surface area contributed by atoms with Gasteiger partial charge in [-0.2, -0.15) is 0 Å². The molecule has 0 saturated heterocycles. The number of hydrazine groups is 1. The molecule has 12 heavy (non-hydrogen) atoms. The second-order valence-corrected chi connectivity index (χ2v) is 2.34. The lowest BCUT2D eigenvalue weighted by atomic mass is 10.1. The van der Waals surface area contributed by atoms with Gasteiger partial charge in [0.1, 0.15) is 5.76 Å². The van der Waals surface area contributed by atoms with E-state index in [0.717, 1.165) is 11.3 Å². The van der Waals surface area contributed by atoms with E-state index in [1.165, 1.54) is 6.20 Å². The Bertz CT molecular complexity index is 312. The highest BCUT2D eigenvalue weighted by molar-refractivity contribution is 5.85. The van der Waals surface area contributed by atoms with Crippen LogP contribution >= 0.6 is 12.4 Å². The summed E-state index contributed by atoms with van der Waals surface area (Å²) in [6, 6.07) is 7.54. The van der Waals surface area contributed by atoms with Crippen molar-refractivity contribution in [3.8, 4) is 0 Å². The Balaban J connectivity index is 0.000000720. The molecule has 0 radical (unpaired) electrons. The average molecular weight is 185 g/mol. The lowest BCUT2D eigenvalue weighted by Gasteiger charge is -2.15. The first kappa shape index (κ1) is 8.74. The Kier molecular flexibility index (Phi) is 2.45. The van der Waals surface area contributed by atoms with E-state index in [1.54, 1.807) is 0 Å². The second-order valence-electron chi connectivity index (χ2n) is 2.34. The van der Waals surface area contributed by atoms with Crippen molar-refractivity contribution in [2.24, 2.45) is 0 Å². The number of halogens is 1. The molecule has 1 aliphatic rings. The summed E-state index contributed by atoms with van der Waals surface area (Å²) in [5.41, 5.74) is 7.36. The Hall–Kier alpha value is -1.35. The van der Waals surface area contributed by atoms with Gasteiger partial charge in [-0.1, -0.05) is 12.1 Å². The summed E-state index contributed by atoms with van der Waals surface area (Å²) >= 11 is 0. The highest BCUT2D eigenvalue weighted by atomic mass is 35.5. The number of fused-ring (bicyclic) bond motifs is 1. The number of aliphatic hydroxyl groups excluding tert-OH is 1. The molecule has 0 atom stereocenters. The summed E-state index contributed by atoms with van der Waals surface area (Å²) in [5.74, 6) is 0.263. The van der Waals surface area contributed by atoms with Crippen molar-refractivity contribution in [2.45, 2.75) is 0 Å². The van der Waals surface area contributed by atoms with E-state index >= 15 is 0 Å². The van der Waals surface area contributed by atoms with Crippen LogP contribution in [0.4, 0.5) is 5.69 Å². The van der Waals surface area contributed by atoms with Gasteiger partial charge in [-0.05, 0) is 12.1 Å². The number of para-hydroxylation sites is 1. The van der Waals surface area contributed by atoms with Crippen molar-refractivity contribution in [3.05, 3.63) is 36.0 Å². The highest BCUT2D eigenvalue weighted by Gasteiger charge is 2.08. The van der Waals surface area contributed by atoms with Crippen LogP contribution < -0.4 is 10.9 Å². The SMILES string of the molecule is Cl.OC1=CNNc2ccccc21. The minimum atomic E-state index is 0. The van der Waals surface area contributed by atoms with Crippen LogP contribution in [0, 0.1) is 0 Å². The molecule has 1 aromatic rings. The average Bonchev–Trinajstić information content (AvgIpc) is 2.06. The van der Waals surface area contributed by atoms with Gasteiger partial charge in [0.15, 0.2) is 0 Å². The molecule has 1 aromatic carbocycles. The van der Waals surface area contributed by atoms with E-state index < -0.39 is 0 Å². The predicted molar refractivity (Wildman–Crippen MR) is 51.1 cm³/mol. The normalized spacial score (nSPS) is 12.8. The van der Waals surface area contributed by atoms with Gasteiger partial charge in [0, 0.05) is 5.56 Å². The zero-order valence-electron chi connectivity index (χ0n) is 6.24. The van der Waals surface area contributed by atoms with Crippen LogP contribution in [0.2, 0.25) is 0 Å². The molecule has 1 heterocycles. The molecule has 4 heteroatoms. The molecule has 0 fully saturated rings. The maximum atomic E-state index is 9.32. The summed E-state index contributed by atoms with van der Waals surface area (Å²) in [5, 5.41) is 9.32. The van der Waals surface area contributed by atoms with Gasteiger partial charge < -0.3 is 16.0 Å². The molecule has 0 saturated carbocycles. The molecule has 3 N–H and O–H groups in total. The lowest BCUT2D eigenvalue weighted by molar-refractivity contribution is 0.506. The molecule has 0 unspecified atom stereocenters. The Labute approximate surface area is 76.5 Å². The molecule has 0 aliphatic carbocycles. The standard InChI is InChI=1S/C8H8N2O.ClH/c11-8-5-9-10-7-4-2-1-3-6(7)8;/h1-5,9-11H;1H. The number of benzene rings is 1. The number of hydrogen-bond donors (Lipinski definition) is 3. The van der Waals surface area contributed by atoms with Crippen molar-refractivity contribution >= 4 is 23.9 Å². The van der Waals surface area contributed by atoms with E-state index in [0.29, 0.717) is 0 Å². The van der Waals surface area contributed by atoms with Gasteiger partial charge in [-0.3, -0.25) is 0 Å². The summed E-state index contributed by atoms with van der Waals surface area (Å²) in [7, 11) is 0. The molecule has 0 bridgehead atoms. The third-order valence-corrected chi connectivity index (χ3v) is 1.62. The molecule has 0 aromatic heterocycles. The summed E-state index contributed by atoms with van der Waals surface area (Å²) in [6.45, 7) is 0. The van der Waals surface area contributed by atoms with Crippen LogP contribution in [0.5, 0.6) is 0 Å². The van der Waals surface area contributed by atoms with Crippen molar-refractivity contribution in [2.75, 3.05) is 5.43 Å². The number of aliphatic hydroxyl groups is 1. The first-order chi connectivity index (χ1) is 5.38. The predicted octanol–water partition coefficient (Wildman–Crippen LogP) is 1.89. The third kappa shape index (κ3) is 1.31. The first-order valence-corrected chi connectivity index (χ1v) is 3.38. The van der Waals surface area contributed by atoms with Crippen LogP contribution in [0.1, 0.15) is 5.56 Å². The maximum absolute atomic E-state index is 9.32. The van der Waals surface area contributed by atoms with Crippen molar-refractivity contribution in [1.29, 1.82) is 0 Å². The van der Waals surface area contributed by atoms with Crippen LogP contribution in [0.3, 0.4) is 0 Å². The lowest BCUT2D eigenvalue weighted by Crippen LogP contribution is -2.20. The molecular formula is C8H9ClN2O. The van der Waals surface area contributed by atoms with Gasteiger partial charge in [-0.25, -0.2) is 0 Å². The minimum Gasteiger partial charge on any atom is -0.506 e. The van der Waals surface area contributed by atoms with Crippen LogP contribution in [0.15, 0.2) is 30.5 Å².